The first-order valence-corrected chi connectivity index (χ1v) is 10.1. The highest BCUT2D eigenvalue weighted by Crippen LogP contribution is 2.28. The van der Waals surface area contributed by atoms with Crippen molar-refractivity contribution in [1.29, 1.82) is 0 Å². The lowest BCUT2D eigenvalue weighted by molar-refractivity contribution is -0.116. The Hall–Kier alpha value is -2.49. The van der Waals surface area contributed by atoms with Crippen molar-refractivity contribution < 1.29 is 27.5 Å². The molecule has 1 aromatic carbocycles. The van der Waals surface area contributed by atoms with E-state index in [0.717, 1.165) is 0 Å². The largest absolute Gasteiger partial charge is 0.494 e. The standard InChI is InChI=1S/C17H27N3O6S/c1-6-27(23,24)20-13-8-7-12(11-14(13)25-5)19-15(21)9-10-18-16(22)26-17(2,3)4/h7-8,11,20H,6,9-10H2,1-5H3,(H,18,22)(H,19,21). The Morgan fingerprint density at radius 2 is 1.85 bits per heavy atom. The molecule has 1 aromatic rings. The van der Waals surface area contributed by atoms with Crippen LogP contribution in [0.15, 0.2) is 18.2 Å². The van der Waals surface area contributed by atoms with E-state index in [1.807, 2.05) is 0 Å². The van der Waals surface area contributed by atoms with Crippen LogP contribution in [0.2, 0.25) is 0 Å². The van der Waals surface area contributed by atoms with Gasteiger partial charge in [-0.05, 0) is 39.8 Å². The summed E-state index contributed by atoms with van der Waals surface area (Å²) in [5, 5.41) is 5.15. The third-order valence-electron chi connectivity index (χ3n) is 3.15. The Labute approximate surface area is 159 Å². The summed E-state index contributed by atoms with van der Waals surface area (Å²) in [6, 6.07) is 4.56. The molecule has 0 aliphatic carbocycles. The van der Waals surface area contributed by atoms with Crippen LogP contribution in [0.25, 0.3) is 0 Å². The van der Waals surface area contributed by atoms with Gasteiger partial charge in [0.2, 0.25) is 15.9 Å². The molecule has 0 fully saturated rings. The Kier molecular flexibility index (Phi) is 7.89. The van der Waals surface area contributed by atoms with Crippen LogP contribution in [0.4, 0.5) is 16.2 Å². The molecule has 0 unspecified atom stereocenters. The van der Waals surface area contributed by atoms with Gasteiger partial charge in [0.1, 0.15) is 11.4 Å². The summed E-state index contributed by atoms with van der Waals surface area (Å²) in [5.74, 6) is -0.119. The number of carbonyl (C=O) groups excluding carboxylic acids is 2. The lowest BCUT2D eigenvalue weighted by Crippen LogP contribution is -2.34. The second kappa shape index (κ2) is 9.45. The van der Waals surface area contributed by atoms with E-state index in [4.69, 9.17) is 9.47 Å². The van der Waals surface area contributed by atoms with Crippen LogP contribution < -0.4 is 20.1 Å². The highest BCUT2D eigenvalue weighted by molar-refractivity contribution is 7.92. The van der Waals surface area contributed by atoms with Crippen molar-refractivity contribution in [2.24, 2.45) is 0 Å². The average Bonchev–Trinajstić information content (AvgIpc) is 2.54. The van der Waals surface area contributed by atoms with E-state index in [0.29, 0.717) is 5.69 Å². The molecule has 9 nitrogen and oxygen atoms in total. The first kappa shape index (κ1) is 22.6. The summed E-state index contributed by atoms with van der Waals surface area (Å²) in [6.45, 7) is 6.88. The number of carbonyl (C=O) groups is 2. The van der Waals surface area contributed by atoms with Crippen LogP contribution in [0.3, 0.4) is 0 Å². The number of sulfonamides is 1. The molecular formula is C17H27N3O6S. The van der Waals surface area contributed by atoms with Crippen LogP contribution in [-0.2, 0) is 19.6 Å². The summed E-state index contributed by atoms with van der Waals surface area (Å²) in [6.07, 6.45) is -0.546. The zero-order valence-electron chi connectivity index (χ0n) is 16.2. The molecule has 0 aromatic heterocycles. The Morgan fingerprint density at radius 1 is 1.19 bits per heavy atom. The number of anilines is 2. The van der Waals surface area contributed by atoms with Gasteiger partial charge in [0, 0.05) is 24.7 Å². The van der Waals surface area contributed by atoms with Crippen LogP contribution >= 0.6 is 0 Å². The minimum atomic E-state index is -3.44. The van der Waals surface area contributed by atoms with E-state index in [9.17, 15) is 18.0 Å². The van der Waals surface area contributed by atoms with Crippen LogP contribution in [0.1, 0.15) is 34.1 Å². The lowest BCUT2D eigenvalue weighted by Gasteiger charge is -2.19. The molecule has 0 saturated carbocycles. The first-order valence-electron chi connectivity index (χ1n) is 8.41. The van der Waals surface area contributed by atoms with Gasteiger partial charge in [-0.15, -0.1) is 0 Å². The summed E-state index contributed by atoms with van der Waals surface area (Å²) in [7, 11) is -2.05. The third kappa shape index (κ3) is 8.63. The molecule has 1 rings (SSSR count). The number of nitrogens with one attached hydrogen (secondary N) is 3. The third-order valence-corrected chi connectivity index (χ3v) is 4.44. The van der Waals surface area contributed by atoms with E-state index in [1.54, 1.807) is 26.8 Å². The summed E-state index contributed by atoms with van der Waals surface area (Å²) < 4.78 is 36.0. The predicted octanol–water partition coefficient (Wildman–Crippen LogP) is 2.31. The summed E-state index contributed by atoms with van der Waals surface area (Å²) in [5.41, 5.74) is 0.113. The fourth-order valence-electron chi connectivity index (χ4n) is 1.91. The highest BCUT2D eigenvalue weighted by atomic mass is 32.2. The van der Waals surface area contributed by atoms with Crippen molar-refractivity contribution in [3.63, 3.8) is 0 Å². The number of methoxy groups -OCH3 is 1. The van der Waals surface area contributed by atoms with E-state index in [-0.39, 0.29) is 36.1 Å². The minimum absolute atomic E-state index is 0.0474. The second-order valence-electron chi connectivity index (χ2n) is 6.65. The van der Waals surface area contributed by atoms with Crippen molar-refractivity contribution in [3.8, 4) is 5.75 Å². The topological polar surface area (TPSA) is 123 Å². The maximum atomic E-state index is 12.0. The van der Waals surface area contributed by atoms with Gasteiger partial charge >= 0.3 is 6.09 Å². The smallest absolute Gasteiger partial charge is 0.407 e. The number of ether oxygens (including phenoxy) is 2. The molecular weight excluding hydrogens is 374 g/mol. The lowest BCUT2D eigenvalue weighted by atomic mass is 10.2. The number of hydrogen-bond acceptors (Lipinski definition) is 6. The molecule has 0 aliphatic heterocycles. The molecule has 0 atom stereocenters. The van der Waals surface area contributed by atoms with E-state index in [2.05, 4.69) is 15.4 Å². The molecule has 10 heteroatoms. The van der Waals surface area contributed by atoms with Gasteiger partial charge in [-0.1, -0.05) is 0 Å². The quantitative estimate of drug-likeness (QED) is 0.614. The Bertz CT molecular complexity index is 771. The molecule has 2 amide bonds. The summed E-state index contributed by atoms with van der Waals surface area (Å²) in [4.78, 5) is 23.5. The predicted molar refractivity (Wildman–Crippen MR) is 104 cm³/mol. The van der Waals surface area contributed by atoms with Gasteiger partial charge in [-0.25, -0.2) is 13.2 Å². The SMILES string of the molecule is CCS(=O)(=O)Nc1ccc(NC(=O)CCNC(=O)OC(C)(C)C)cc1OC. The van der Waals surface area contributed by atoms with Crippen LogP contribution in [0, 0.1) is 0 Å². The number of alkyl carbamates (subject to hydrolysis) is 1. The van der Waals surface area contributed by atoms with Crippen LogP contribution in [-0.4, -0.2) is 45.4 Å². The molecule has 0 bridgehead atoms. The van der Waals surface area contributed by atoms with E-state index < -0.39 is 21.7 Å². The Balaban J connectivity index is 2.61. The van der Waals surface area contributed by atoms with Crippen LogP contribution in [0.5, 0.6) is 5.75 Å². The second-order valence-corrected chi connectivity index (χ2v) is 8.66. The molecule has 0 saturated heterocycles. The van der Waals surface area contributed by atoms with Crippen molar-refractivity contribution in [1.82, 2.24) is 5.32 Å². The van der Waals surface area contributed by atoms with E-state index >= 15 is 0 Å². The maximum Gasteiger partial charge on any atom is 0.407 e. The highest BCUT2D eigenvalue weighted by Gasteiger charge is 2.16. The molecule has 0 heterocycles. The molecule has 0 aliphatic rings. The molecule has 3 N–H and O–H groups in total. The zero-order chi connectivity index (χ0) is 20.7. The zero-order valence-corrected chi connectivity index (χ0v) is 17.0. The minimum Gasteiger partial charge on any atom is -0.494 e. The molecule has 0 spiro atoms. The van der Waals surface area contributed by atoms with E-state index in [1.165, 1.54) is 26.2 Å². The van der Waals surface area contributed by atoms with Gasteiger partial charge in [0.05, 0.1) is 18.6 Å². The van der Waals surface area contributed by atoms with Gasteiger partial charge < -0.3 is 20.1 Å². The molecule has 0 radical (unpaired) electrons. The van der Waals surface area contributed by atoms with Crippen molar-refractivity contribution >= 4 is 33.4 Å². The van der Waals surface area contributed by atoms with Crippen molar-refractivity contribution in [3.05, 3.63) is 18.2 Å². The maximum absolute atomic E-state index is 12.0. The normalized spacial score (nSPS) is 11.4. The number of amides is 2. The monoisotopic (exact) mass is 401 g/mol. The fourth-order valence-corrected chi connectivity index (χ4v) is 2.56. The fraction of sp³-hybridized carbons (Fsp3) is 0.529. The first-order chi connectivity index (χ1) is 12.5. The van der Waals surface area contributed by atoms with Gasteiger partial charge in [0.15, 0.2) is 0 Å². The number of benzene rings is 1. The molecule has 27 heavy (non-hydrogen) atoms. The van der Waals surface area contributed by atoms with Crippen molar-refractivity contribution in [2.75, 3.05) is 29.4 Å². The molecule has 152 valence electrons. The number of rotatable bonds is 8. The Morgan fingerprint density at radius 3 is 2.41 bits per heavy atom. The average molecular weight is 401 g/mol. The van der Waals surface area contributed by atoms with Gasteiger partial charge in [-0.2, -0.15) is 0 Å². The van der Waals surface area contributed by atoms with Crippen molar-refractivity contribution in [2.45, 2.75) is 39.7 Å². The summed E-state index contributed by atoms with van der Waals surface area (Å²) >= 11 is 0. The number of hydrogen-bond donors (Lipinski definition) is 3. The van der Waals surface area contributed by atoms with Gasteiger partial charge in [0.25, 0.3) is 0 Å². The van der Waals surface area contributed by atoms with Gasteiger partial charge in [-0.3, -0.25) is 9.52 Å².